The molecule has 1 aliphatic carbocycles. The summed E-state index contributed by atoms with van der Waals surface area (Å²) in [4.78, 5) is 20.1. The highest BCUT2D eigenvalue weighted by atomic mass is 15.1. The average molecular weight is 267 g/mol. The summed E-state index contributed by atoms with van der Waals surface area (Å²) in [5.41, 5.74) is 3.54. The predicted molar refractivity (Wildman–Crippen MR) is 73.9 cm³/mol. The Morgan fingerprint density at radius 2 is 2.10 bits per heavy atom. The molecule has 1 fully saturated rings. The van der Waals surface area contributed by atoms with Crippen LogP contribution in [0.4, 0.5) is 0 Å². The van der Waals surface area contributed by atoms with E-state index in [0.717, 1.165) is 37.6 Å². The van der Waals surface area contributed by atoms with Crippen molar-refractivity contribution in [1.82, 2.24) is 24.8 Å². The topological polar surface area (TPSA) is 54.8 Å². The second-order valence-electron chi connectivity index (χ2n) is 5.63. The van der Waals surface area contributed by atoms with E-state index in [2.05, 4.69) is 19.9 Å². The first-order valence-corrected chi connectivity index (χ1v) is 7.20. The molecule has 0 aromatic carbocycles. The molecule has 3 heterocycles. The van der Waals surface area contributed by atoms with Crippen LogP contribution in [-0.4, -0.2) is 31.4 Å². The van der Waals surface area contributed by atoms with Crippen molar-refractivity contribution in [3.05, 3.63) is 47.6 Å². The first kappa shape index (κ1) is 11.9. The van der Waals surface area contributed by atoms with Crippen LogP contribution in [0.3, 0.4) is 0 Å². The molecule has 2 aliphatic rings. The van der Waals surface area contributed by atoms with Crippen molar-refractivity contribution in [3.8, 4) is 0 Å². The van der Waals surface area contributed by atoms with Gasteiger partial charge in [0.15, 0.2) is 0 Å². The third kappa shape index (κ3) is 2.41. The molecule has 0 N–H and O–H groups in total. The molecule has 0 spiro atoms. The van der Waals surface area contributed by atoms with Gasteiger partial charge < -0.3 is 0 Å². The average Bonchev–Trinajstić information content (AvgIpc) is 3.32. The Morgan fingerprint density at radius 1 is 1.15 bits per heavy atom. The number of rotatable bonds is 3. The third-order valence-electron chi connectivity index (χ3n) is 3.98. The molecule has 2 aromatic rings. The maximum absolute atomic E-state index is 4.75. The van der Waals surface area contributed by atoms with Crippen molar-refractivity contribution in [2.75, 3.05) is 6.54 Å². The molecular formula is C15H17N5. The summed E-state index contributed by atoms with van der Waals surface area (Å²) in [7, 11) is 0. The summed E-state index contributed by atoms with van der Waals surface area (Å²) >= 11 is 0. The maximum Gasteiger partial charge on any atom is 0.131 e. The minimum atomic E-state index is 0.637. The first-order valence-electron chi connectivity index (χ1n) is 7.20. The van der Waals surface area contributed by atoms with E-state index in [4.69, 9.17) is 4.98 Å². The van der Waals surface area contributed by atoms with Crippen molar-refractivity contribution in [2.24, 2.45) is 0 Å². The standard InChI is InChI=1S/C15H17N5/c1-2-11(1)15-18-7-12-9-20(6-3-14(12)19-15)10-13-8-16-4-5-17-13/h4-5,7-8,11H,1-3,6,9-10H2. The summed E-state index contributed by atoms with van der Waals surface area (Å²) in [6, 6.07) is 0. The number of fused-ring (bicyclic) bond motifs is 1. The van der Waals surface area contributed by atoms with Gasteiger partial charge in [0, 0.05) is 68.0 Å². The van der Waals surface area contributed by atoms with Crippen LogP contribution in [0.5, 0.6) is 0 Å². The van der Waals surface area contributed by atoms with Gasteiger partial charge in [-0.1, -0.05) is 0 Å². The van der Waals surface area contributed by atoms with Gasteiger partial charge >= 0.3 is 0 Å². The maximum atomic E-state index is 4.75. The quantitative estimate of drug-likeness (QED) is 0.847. The van der Waals surface area contributed by atoms with Crippen molar-refractivity contribution in [2.45, 2.75) is 38.3 Å². The summed E-state index contributed by atoms with van der Waals surface area (Å²) < 4.78 is 0. The molecule has 0 bridgehead atoms. The monoisotopic (exact) mass is 267 g/mol. The zero-order valence-corrected chi connectivity index (χ0v) is 11.4. The highest BCUT2D eigenvalue weighted by Crippen LogP contribution is 2.38. The van der Waals surface area contributed by atoms with Gasteiger partial charge in [-0.2, -0.15) is 0 Å². The van der Waals surface area contributed by atoms with Gasteiger partial charge in [0.2, 0.25) is 0 Å². The number of hydrogen-bond acceptors (Lipinski definition) is 5. The fourth-order valence-electron chi connectivity index (χ4n) is 2.70. The van der Waals surface area contributed by atoms with Crippen molar-refractivity contribution < 1.29 is 0 Å². The summed E-state index contributed by atoms with van der Waals surface area (Å²) in [5.74, 6) is 1.70. The van der Waals surface area contributed by atoms with Gasteiger partial charge in [0.25, 0.3) is 0 Å². The third-order valence-corrected chi connectivity index (χ3v) is 3.98. The summed E-state index contributed by atoms with van der Waals surface area (Å²) in [6.45, 7) is 2.79. The molecule has 5 nitrogen and oxygen atoms in total. The number of aromatic nitrogens is 4. The SMILES string of the molecule is c1cnc(CN2CCc3nc(C4CC4)ncc3C2)cn1. The molecular weight excluding hydrogens is 250 g/mol. The Labute approximate surface area is 118 Å². The van der Waals surface area contributed by atoms with E-state index in [1.54, 1.807) is 12.4 Å². The lowest BCUT2D eigenvalue weighted by molar-refractivity contribution is 0.239. The first-order chi connectivity index (χ1) is 9.88. The lowest BCUT2D eigenvalue weighted by atomic mass is 10.1. The Bertz CT molecular complexity index is 609. The van der Waals surface area contributed by atoms with Gasteiger partial charge in [0.1, 0.15) is 5.82 Å². The molecule has 4 rings (SSSR count). The fourth-order valence-corrected chi connectivity index (χ4v) is 2.70. The molecule has 102 valence electrons. The lowest BCUT2D eigenvalue weighted by Gasteiger charge is -2.27. The highest BCUT2D eigenvalue weighted by Gasteiger charge is 2.28. The van der Waals surface area contributed by atoms with Crippen molar-refractivity contribution in [3.63, 3.8) is 0 Å². The fraction of sp³-hybridized carbons (Fsp3) is 0.467. The predicted octanol–water partition coefficient (Wildman–Crippen LogP) is 1.70. The van der Waals surface area contributed by atoms with Crippen LogP contribution in [-0.2, 0) is 19.5 Å². The molecule has 0 saturated heterocycles. The van der Waals surface area contributed by atoms with Crippen LogP contribution >= 0.6 is 0 Å². The lowest BCUT2D eigenvalue weighted by Crippen LogP contribution is -2.31. The van der Waals surface area contributed by atoms with E-state index in [-0.39, 0.29) is 0 Å². The van der Waals surface area contributed by atoms with E-state index in [1.165, 1.54) is 24.1 Å². The molecule has 1 saturated carbocycles. The van der Waals surface area contributed by atoms with Crippen LogP contribution < -0.4 is 0 Å². The molecule has 1 aliphatic heterocycles. The molecule has 0 atom stereocenters. The van der Waals surface area contributed by atoms with E-state index in [0.29, 0.717) is 5.92 Å². The molecule has 5 heteroatoms. The minimum absolute atomic E-state index is 0.637. The smallest absolute Gasteiger partial charge is 0.131 e. The molecule has 0 amide bonds. The van der Waals surface area contributed by atoms with Crippen LogP contribution in [0.2, 0.25) is 0 Å². The van der Waals surface area contributed by atoms with Crippen LogP contribution in [0.1, 0.15) is 41.5 Å². The number of nitrogens with zero attached hydrogens (tertiary/aromatic N) is 5. The highest BCUT2D eigenvalue weighted by molar-refractivity contribution is 5.22. The summed E-state index contributed by atoms with van der Waals surface area (Å²) in [6.07, 6.45) is 10.9. The molecule has 2 aromatic heterocycles. The van der Waals surface area contributed by atoms with Gasteiger partial charge in [-0.05, 0) is 12.8 Å². The van der Waals surface area contributed by atoms with Crippen molar-refractivity contribution >= 4 is 0 Å². The molecule has 20 heavy (non-hydrogen) atoms. The molecule has 0 radical (unpaired) electrons. The van der Waals surface area contributed by atoms with E-state index in [1.807, 2.05) is 12.4 Å². The van der Waals surface area contributed by atoms with E-state index in [9.17, 15) is 0 Å². The Hall–Kier alpha value is -1.88. The Balaban J connectivity index is 1.49. The largest absolute Gasteiger partial charge is 0.293 e. The van der Waals surface area contributed by atoms with Gasteiger partial charge in [-0.3, -0.25) is 14.9 Å². The second-order valence-corrected chi connectivity index (χ2v) is 5.63. The van der Waals surface area contributed by atoms with Gasteiger partial charge in [0.05, 0.1) is 5.69 Å². The zero-order chi connectivity index (χ0) is 13.4. The van der Waals surface area contributed by atoms with Crippen LogP contribution in [0, 0.1) is 0 Å². The minimum Gasteiger partial charge on any atom is -0.293 e. The Morgan fingerprint density at radius 3 is 2.90 bits per heavy atom. The van der Waals surface area contributed by atoms with Crippen LogP contribution in [0.15, 0.2) is 24.8 Å². The summed E-state index contributed by atoms with van der Waals surface area (Å²) in [5, 5.41) is 0. The van der Waals surface area contributed by atoms with Gasteiger partial charge in [-0.25, -0.2) is 9.97 Å². The molecule has 0 unspecified atom stereocenters. The normalized spacial score (nSPS) is 18.8. The Kier molecular flexibility index (Phi) is 2.92. The second kappa shape index (κ2) is 4.90. The van der Waals surface area contributed by atoms with Crippen molar-refractivity contribution in [1.29, 1.82) is 0 Å². The van der Waals surface area contributed by atoms with Crippen LogP contribution in [0.25, 0.3) is 0 Å². The zero-order valence-electron chi connectivity index (χ0n) is 11.4. The number of hydrogen-bond donors (Lipinski definition) is 0. The van der Waals surface area contributed by atoms with E-state index < -0.39 is 0 Å². The van der Waals surface area contributed by atoms with Gasteiger partial charge in [-0.15, -0.1) is 0 Å². The van der Waals surface area contributed by atoms with E-state index >= 15 is 0 Å².